The molecule has 1 aliphatic heterocycles. The summed E-state index contributed by atoms with van der Waals surface area (Å²) in [6.45, 7) is 3.91. The number of rotatable bonds is 5. The smallest absolute Gasteiger partial charge is 0.272 e. The number of carbonyl (C=O) groups excluding carboxylic acids is 2. The van der Waals surface area contributed by atoms with Gasteiger partial charge < -0.3 is 4.42 Å². The van der Waals surface area contributed by atoms with E-state index in [1.165, 1.54) is 28.0 Å². The molecule has 0 saturated carbocycles. The molecule has 2 amide bonds. The molecule has 0 radical (unpaired) electrons. The van der Waals surface area contributed by atoms with Crippen LogP contribution in [0.25, 0.3) is 5.57 Å². The van der Waals surface area contributed by atoms with Crippen LogP contribution in [0.4, 0.5) is 5.69 Å². The normalized spacial score (nSPS) is 14.5. The van der Waals surface area contributed by atoms with Crippen LogP contribution in [0.15, 0.2) is 63.4 Å². The predicted molar refractivity (Wildman–Crippen MR) is 110 cm³/mol. The SMILES string of the molecule is Cc1ccc(N2C(=O)C(SCc3ccco3)=C(c3cccs3)C2=O)c(C)c1. The number of benzene rings is 1. The Hall–Kier alpha value is -2.57. The van der Waals surface area contributed by atoms with Gasteiger partial charge >= 0.3 is 0 Å². The Labute approximate surface area is 165 Å². The first kappa shape index (κ1) is 17.8. The number of aryl methyl sites for hydroxylation is 2. The number of thiophene rings is 1. The molecule has 1 aromatic carbocycles. The minimum Gasteiger partial charge on any atom is -0.468 e. The molecule has 0 atom stereocenters. The van der Waals surface area contributed by atoms with Crippen molar-refractivity contribution in [1.29, 1.82) is 0 Å². The van der Waals surface area contributed by atoms with E-state index >= 15 is 0 Å². The topological polar surface area (TPSA) is 50.5 Å². The molecule has 1 aliphatic rings. The van der Waals surface area contributed by atoms with Gasteiger partial charge in [-0.05, 0) is 49.1 Å². The van der Waals surface area contributed by atoms with Crippen molar-refractivity contribution < 1.29 is 14.0 Å². The third kappa shape index (κ3) is 3.26. The van der Waals surface area contributed by atoms with Crippen molar-refractivity contribution in [2.75, 3.05) is 4.90 Å². The molecular formula is C21H17NO3S2. The Morgan fingerprint density at radius 1 is 1.07 bits per heavy atom. The van der Waals surface area contributed by atoms with Crippen molar-refractivity contribution >= 4 is 46.2 Å². The maximum atomic E-state index is 13.2. The molecule has 2 aromatic heterocycles. The molecule has 0 spiro atoms. The van der Waals surface area contributed by atoms with E-state index in [0.717, 1.165) is 21.8 Å². The molecule has 4 rings (SSSR count). The van der Waals surface area contributed by atoms with Gasteiger partial charge in [-0.15, -0.1) is 23.1 Å². The fraction of sp³-hybridized carbons (Fsp3) is 0.143. The second-order valence-corrected chi connectivity index (χ2v) is 8.22. The van der Waals surface area contributed by atoms with Crippen LogP contribution in [0.1, 0.15) is 21.8 Å². The molecule has 4 nitrogen and oxygen atoms in total. The second kappa shape index (κ2) is 7.21. The fourth-order valence-electron chi connectivity index (χ4n) is 3.09. The summed E-state index contributed by atoms with van der Waals surface area (Å²) < 4.78 is 5.37. The third-order valence-electron chi connectivity index (χ3n) is 4.34. The average Bonchev–Trinajstić information content (AvgIpc) is 3.36. The average molecular weight is 396 g/mol. The molecule has 0 saturated heterocycles. The van der Waals surface area contributed by atoms with Gasteiger partial charge in [-0.3, -0.25) is 9.59 Å². The van der Waals surface area contributed by atoms with Gasteiger partial charge in [0.05, 0.1) is 28.2 Å². The maximum Gasteiger partial charge on any atom is 0.272 e. The third-order valence-corrected chi connectivity index (χ3v) is 6.32. The van der Waals surface area contributed by atoms with Gasteiger partial charge in [-0.25, -0.2) is 4.90 Å². The Morgan fingerprint density at radius 3 is 2.59 bits per heavy atom. The number of amides is 2. The number of nitrogens with zero attached hydrogens (tertiary/aromatic N) is 1. The van der Waals surface area contributed by atoms with Crippen LogP contribution in [0.3, 0.4) is 0 Å². The van der Waals surface area contributed by atoms with Crippen molar-refractivity contribution in [2.45, 2.75) is 19.6 Å². The van der Waals surface area contributed by atoms with Gasteiger partial charge in [0.15, 0.2) is 0 Å². The summed E-state index contributed by atoms with van der Waals surface area (Å²) >= 11 is 2.81. The highest BCUT2D eigenvalue weighted by molar-refractivity contribution is 8.03. The first-order valence-electron chi connectivity index (χ1n) is 8.45. The second-order valence-electron chi connectivity index (χ2n) is 6.29. The van der Waals surface area contributed by atoms with Crippen molar-refractivity contribution in [2.24, 2.45) is 0 Å². The number of carbonyl (C=O) groups is 2. The first-order valence-corrected chi connectivity index (χ1v) is 10.3. The Balaban J connectivity index is 1.74. The number of anilines is 1. The fourth-order valence-corrected chi connectivity index (χ4v) is 4.93. The lowest BCUT2D eigenvalue weighted by molar-refractivity contribution is -0.119. The van der Waals surface area contributed by atoms with Gasteiger partial charge in [-0.2, -0.15) is 0 Å². The molecule has 6 heteroatoms. The van der Waals surface area contributed by atoms with Crippen LogP contribution < -0.4 is 4.90 Å². The van der Waals surface area contributed by atoms with Gasteiger partial charge in [0.2, 0.25) is 0 Å². The van der Waals surface area contributed by atoms with E-state index in [4.69, 9.17) is 4.42 Å². The van der Waals surface area contributed by atoms with Gasteiger partial charge in [0, 0.05) is 4.88 Å². The highest BCUT2D eigenvalue weighted by atomic mass is 32.2. The molecule has 0 fully saturated rings. The number of imide groups is 1. The van der Waals surface area contributed by atoms with Crippen LogP contribution >= 0.6 is 23.1 Å². The zero-order valence-electron chi connectivity index (χ0n) is 14.9. The molecule has 0 unspecified atom stereocenters. The molecule has 3 aromatic rings. The molecule has 0 aliphatic carbocycles. The molecule has 27 heavy (non-hydrogen) atoms. The summed E-state index contributed by atoms with van der Waals surface area (Å²) in [6.07, 6.45) is 1.61. The van der Waals surface area contributed by atoms with Gasteiger partial charge in [-0.1, -0.05) is 23.8 Å². The number of hydrogen-bond acceptors (Lipinski definition) is 5. The van der Waals surface area contributed by atoms with Crippen LogP contribution in [0.5, 0.6) is 0 Å². The summed E-state index contributed by atoms with van der Waals surface area (Å²) in [5, 5.41) is 1.91. The predicted octanol–water partition coefficient (Wildman–Crippen LogP) is 5.18. The monoisotopic (exact) mass is 395 g/mol. The number of thioether (sulfide) groups is 1. The van der Waals surface area contributed by atoms with E-state index in [1.54, 1.807) is 6.26 Å². The van der Waals surface area contributed by atoms with Crippen molar-refractivity contribution in [3.8, 4) is 0 Å². The Bertz CT molecular complexity index is 1030. The number of furan rings is 1. The minimum atomic E-state index is -0.271. The minimum absolute atomic E-state index is 0.267. The van der Waals surface area contributed by atoms with Crippen LogP contribution in [0.2, 0.25) is 0 Å². The lowest BCUT2D eigenvalue weighted by Gasteiger charge is -2.18. The molecule has 136 valence electrons. The van der Waals surface area contributed by atoms with Crippen LogP contribution in [-0.4, -0.2) is 11.8 Å². The van der Waals surface area contributed by atoms with E-state index in [1.807, 2.05) is 61.7 Å². The summed E-state index contributed by atoms with van der Waals surface area (Å²) in [4.78, 5) is 29.0. The summed E-state index contributed by atoms with van der Waals surface area (Å²) in [6, 6.07) is 13.2. The first-order chi connectivity index (χ1) is 13.1. The Kier molecular flexibility index (Phi) is 4.76. The zero-order valence-corrected chi connectivity index (χ0v) is 16.5. The summed E-state index contributed by atoms with van der Waals surface area (Å²) in [5.41, 5.74) is 3.11. The van der Waals surface area contributed by atoms with Crippen LogP contribution in [-0.2, 0) is 15.3 Å². The van der Waals surface area contributed by atoms with E-state index in [0.29, 0.717) is 21.9 Å². The summed E-state index contributed by atoms with van der Waals surface area (Å²) in [5.74, 6) is 0.725. The Morgan fingerprint density at radius 2 is 1.93 bits per heavy atom. The van der Waals surface area contributed by atoms with Crippen molar-refractivity contribution in [3.63, 3.8) is 0 Å². The summed E-state index contributed by atoms with van der Waals surface area (Å²) in [7, 11) is 0. The van der Waals surface area contributed by atoms with Gasteiger partial charge in [0.25, 0.3) is 11.8 Å². The lowest BCUT2D eigenvalue weighted by atomic mass is 10.1. The van der Waals surface area contributed by atoms with Crippen molar-refractivity contribution in [3.05, 3.63) is 80.8 Å². The van der Waals surface area contributed by atoms with Gasteiger partial charge in [0.1, 0.15) is 5.76 Å². The standard InChI is InChI=1S/C21H17NO3S2/c1-13-7-8-16(14(2)11-13)22-20(23)18(17-6-4-10-26-17)19(21(22)24)27-12-15-5-3-9-25-15/h3-11H,12H2,1-2H3. The van der Waals surface area contributed by atoms with E-state index in [-0.39, 0.29) is 11.8 Å². The van der Waals surface area contributed by atoms with E-state index < -0.39 is 0 Å². The molecule has 3 heterocycles. The molecule has 0 N–H and O–H groups in total. The highest BCUT2D eigenvalue weighted by Gasteiger charge is 2.41. The quantitative estimate of drug-likeness (QED) is 0.559. The molecule has 0 bridgehead atoms. The molecular weight excluding hydrogens is 378 g/mol. The van der Waals surface area contributed by atoms with Crippen molar-refractivity contribution in [1.82, 2.24) is 0 Å². The van der Waals surface area contributed by atoms with E-state index in [9.17, 15) is 9.59 Å². The number of hydrogen-bond donors (Lipinski definition) is 0. The maximum absolute atomic E-state index is 13.2. The van der Waals surface area contributed by atoms with E-state index in [2.05, 4.69) is 0 Å². The zero-order chi connectivity index (χ0) is 19.0. The van der Waals surface area contributed by atoms with Crippen LogP contribution in [0, 0.1) is 13.8 Å². The lowest BCUT2D eigenvalue weighted by Crippen LogP contribution is -2.31. The largest absolute Gasteiger partial charge is 0.468 e. The highest BCUT2D eigenvalue weighted by Crippen LogP contribution is 2.41.